The number of hydrogen-bond acceptors (Lipinski definition) is 3. The van der Waals surface area contributed by atoms with Gasteiger partial charge < -0.3 is 15.2 Å². The van der Waals surface area contributed by atoms with E-state index in [1.54, 1.807) is 12.1 Å². The second-order valence-electron chi connectivity index (χ2n) is 5.86. The van der Waals surface area contributed by atoms with Crippen LogP contribution in [-0.2, 0) is 13.5 Å². The molecule has 2 N–H and O–H groups in total. The number of carbonyl (C=O) groups is 1. The molecular weight excluding hydrogens is 320 g/mol. The highest BCUT2D eigenvalue weighted by Crippen LogP contribution is 2.29. The Bertz CT molecular complexity index is 1060. The maximum Gasteiger partial charge on any atom is 0.253 e. The second-order valence-corrected chi connectivity index (χ2v) is 5.86. The van der Waals surface area contributed by atoms with Crippen molar-refractivity contribution in [2.45, 2.75) is 6.42 Å². The van der Waals surface area contributed by atoms with Gasteiger partial charge >= 0.3 is 0 Å². The number of fused-ring (bicyclic) bond motifs is 3. The van der Waals surface area contributed by atoms with Crippen molar-refractivity contribution in [1.29, 1.82) is 0 Å². The molecule has 1 aliphatic rings. The van der Waals surface area contributed by atoms with Gasteiger partial charge in [0.1, 0.15) is 17.3 Å². The van der Waals surface area contributed by atoms with E-state index in [-0.39, 0.29) is 11.6 Å². The lowest BCUT2D eigenvalue weighted by molar-refractivity contribution is 0.0947. The lowest BCUT2D eigenvalue weighted by atomic mass is 10.1. The lowest BCUT2D eigenvalue weighted by Gasteiger charge is -2.13. The minimum atomic E-state index is -0.577. The maximum absolute atomic E-state index is 13.7. The van der Waals surface area contributed by atoms with Crippen molar-refractivity contribution in [3.63, 3.8) is 0 Å². The van der Waals surface area contributed by atoms with Gasteiger partial charge in [-0.05, 0) is 24.3 Å². The number of nitrogens with zero attached hydrogens (tertiary/aromatic N) is 3. The van der Waals surface area contributed by atoms with Gasteiger partial charge in [-0.3, -0.25) is 4.79 Å². The van der Waals surface area contributed by atoms with Gasteiger partial charge in [-0.2, -0.15) is 0 Å². The van der Waals surface area contributed by atoms with Crippen LogP contribution in [-0.4, -0.2) is 22.0 Å². The predicted molar refractivity (Wildman–Crippen MR) is 92.7 cm³/mol. The van der Waals surface area contributed by atoms with Crippen LogP contribution >= 0.6 is 0 Å². The van der Waals surface area contributed by atoms with E-state index in [1.165, 1.54) is 12.1 Å². The molecule has 0 radical (unpaired) electrons. The van der Waals surface area contributed by atoms with Gasteiger partial charge in [0.2, 0.25) is 5.69 Å². The Morgan fingerprint density at radius 2 is 2.20 bits per heavy atom. The van der Waals surface area contributed by atoms with E-state index in [2.05, 4.69) is 20.5 Å². The van der Waals surface area contributed by atoms with Gasteiger partial charge in [0.15, 0.2) is 0 Å². The molecule has 3 heterocycles. The number of nitrogens with one attached hydrogen (secondary N) is 2. The van der Waals surface area contributed by atoms with E-state index in [0.717, 1.165) is 17.5 Å². The average molecular weight is 334 g/mol. The largest absolute Gasteiger partial charge is 0.352 e. The summed E-state index contributed by atoms with van der Waals surface area (Å²) < 4.78 is 15.7. The smallest absolute Gasteiger partial charge is 0.253 e. The first kappa shape index (κ1) is 15.1. The van der Waals surface area contributed by atoms with Crippen LogP contribution in [0.5, 0.6) is 0 Å². The van der Waals surface area contributed by atoms with Crippen molar-refractivity contribution in [1.82, 2.24) is 14.9 Å². The minimum Gasteiger partial charge on any atom is -0.352 e. The molecule has 3 aromatic rings. The first-order valence-corrected chi connectivity index (χ1v) is 7.79. The fraction of sp³-hybridized carbons (Fsp3) is 0.167. The highest BCUT2D eigenvalue weighted by Gasteiger charge is 2.25. The molecule has 2 aromatic heterocycles. The zero-order valence-electron chi connectivity index (χ0n) is 13.4. The topological polar surface area (TPSA) is 63.3 Å². The van der Waals surface area contributed by atoms with E-state index < -0.39 is 5.82 Å². The Balaban J connectivity index is 1.75. The average Bonchev–Trinajstić information content (AvgIpc) is 2.89. The normalized spacial score (nSPS) is 13.2. The number of benzene rings is 1. The number of aromatic nitrogens is 2. The van der Waals surface area contributed by atoms with Gasteiger partial charge in [0.25, 0.3) is 5.91 Å². The first-order valence-electron chi connectivity index (χ1n) is 7.79. The highest BCUT2D eigenvalue weighted by molar-refractivity contribution is 6.08. The number of halogens is 1. The summed E-state index contributed by atoms with van der Waals surface area (Å²) in [5.74, 6) is -0.112. The molecule has 0 atom stereocenters. The van der Waals surface area contributed by atoms with Crippen LogP contribution in [0.3, 0.4) is 0 Å². The van der Waals surface area contributed by atoms with Crippen LogP contribution in [0.1, 0.15) is 16.1 Å². The first-order chi connectivity index (χ1) is 12.1. The van der Waals surface area contributed by atoms with Crippen molar-refractivity contribution in [3.05, 3.63) is 58.8 Å². The summed E-state index contributed by atoms with van der Waals surface area (Å²) in [6.07, 6.45) is 0.764. The van der Waals surface area contributed by atoms with Gasteiger partial charge in [-0.1, -0.05) is 6.07 Å². The number of hydrogen-bond donors (Lipinski definition) is 2. The second kappa shape index (κ2) is 5.60. The van der Waals surface area contributed by atoms with E-state index in [0.29, 0.717) is 29.3 Å². The summed E-state index contributed by atoms with van der Waals surface area (Å²) in [7, 11) is 1.89. The van der Waals surface area contributed by atoms with E-state index >= 15 is 0 Å². The molecule has 0 spiro atoms. The van der Waals surface area contributed by atoms with Crippen molar-refractivity contribution in [2.24, 2.45) is 7.05 Å². The molecule has 0 saturated heterocycles. The van der Waals surface area contributed by atoms with Gasteiger partial charge in [0.05, 0.1) is 12.1 Å². The monoisotopic (exact) mass is 334 g/mol. The molecule has 0 aliphatic carbocycles. The lowest BCUT2D eigenvalue weighted by Crippen LogP contribution is -2.32. The van der Waals surface area contributed by atoms with Crippen LogP contribution < -0.4 is 10.6 Å². The molecule has 1 aliphatic heterocycles. The van der Waals surface area contributed by atoms with Crippen LogP contribution in [0.2, 0.25) is 0 Å². The fourth-order valence-electron chi connectivity index (χ4n) is 3.17. The van der Waals surface area contributed by atoms with Crippen molar-refractivity contribution in [3.8, 4) is 0 Å². The molecule has 0 fully saturated rings. The third-order valence-corrected chi connectivity index (χ3v) is 4.37. The molecule has 1 amide bonds. The molecule has 0 saturated carbocycles. The Hall–Kier alpha value is -3.40. The van der Waals surface area contributed by atoms with Crippen LogP contribution in [0.4, 0.5) is 21.6 Å². The zero-order chi connectivity index (χ0) is 17.6. The van der Waals surface area contributed by atoms with Crippen molar-refractivity contribution < 1.29 is 9.18 Å². The molecule has 124 valence electrons. The van der Waals surface area contributed by atoms with Crippen LogP contribution in [0.15, 0.2) is 30.3 Å². The molecule has 0 unspecified atom stereocenters. The molecule has 0 bridgehead atoms. The molecular formula is C18H14FN5O. The van der Waals surface area contributed by atoms with E-state index in [4.69, 9.17) is 6.57 Å². The maximum atomic E-state index is 13.7. The Kier molecular flexibility index (Phi) is 3.39. The zero-order valence-corrected chi connectivity index (χ0v) is 13.4. The Labute approximate surface area is 143 Å². The van der Waals surface area contributed by atoms with Gasteiger partial charge in [-0.25, -0.2) is 14.2 Å². The molecule has 4 rings (SSSR count). The van der Waals surface area contributed by atoms with Crippen molar-refractivity contribution in [2.75, 3.05) is 11.9 Å². The van der Waals surface area contributed by atoms with Gasteiger partial charge in [-0.15, -0.1) is 0 Å². The number of aryl methyl sites for hydroxylation is 1. The molecule has 25 heavy (non-hydrogen) atoms. The SMILES string of the molecule is [C-]#[N+]c1ccc(Nc2ccc3c4c(n(C)c3n2)CCNC4=O)cc1[18F]. The number of rotatable bonds is 2. The summed E-state index contributed by atoms with van der Waals surface area (Å²) in [4.78, 5) is 19.8. The third kappa shape index (κ3) is 2.39. The predicted octanol–water partition coefficient (Wildman–Crippen LogP) is 3.29. The number of pyridine rings is 1. The Morgan fingerprint density at radius 3 is 2.96 bits per heavy atom. The minimum absolute atomic E-state index is 0.0184. The Morgan fingerprint density at radius 1 is 1.36 bits per heavy atom. The number of carbonyl (C=O) groups excluding carboxylic acids is 1. The quantitative estimate of drug-likeness (QED) is 0.707. The van der Waals surface area contributed by atoms with Crippen LogP contribution in [0, 0.1) is 12.4 Å². The number of anilines is 2. The summed E-state index contributed by atoms with van der Waals surface area (Å²) in [5.41, 5.74) is 2.83. The van der Waals surface area contributed by atoms with E-state index in [9.17, 15) is 9.18 Å². The highest BCUT2D eigenvalue weighted by atomic mass is 18.2. The summed E-state index contributed by atoms with van der Waals surface area (Å²) in [5, 5.41) is 6.69. The fourth-order valence-corrected chi connectivity index (χ4v) is 3.17. The summed E-state index contributed by atoms with van der Waals surface area (Å²) in [6, 6.07) is 7.92. The van der Waals surface area contributed by atoms with E-state index in [1.807, 2.05) is 17.7 Å². The molecule has 7 heteroatoms. The molecule has 1 aromatic carbocycles. The van der Waals surface area contributed by atoms with Crippen molar-refractivity contribution >= 4 is 34.1 Å². The van der Waals surface area contributed by atoms with Gasteiger partial charge in [0, 0.05) is 36.8 Å². The number of amides is 1. The summed E-state index contributed by atoms with van der Waals surface area (Å²) in [6.45, 7) is 7.51. The van der Waals surface area contributed by atoms with Crippen LogP contribution in [0.25, 0.3) is 15.9 Å². The standard InChI is InChI=1S/C18H14FN5O/c1-20-13-5-3-10(9-12(13)19)22-15-6-4-11-16-14(7-8-21-18(16)25)24(2)17(11)23-15/h3-6,9H,7-8H2,2H3,(H,21,25)(H,22,23)/i19-1. The summed E-state index contributed by atoms with van der Waals surface area (Å²) >= 11 is 0. The third-order valence-electron chi connectivity index (χ3n) is 4.37. The molecule has 6 nitrogen and oxygen atoms in total.